The van der Waals surface area contributed by atoms with Crippen molar-refractivity contribution in [3.63, 3.8) is 0 Å². The van der Waals surface area contributed by atoms with Gasteiger partial charge in [0.2, 0.25) is 5.91 Å². The average molecular weight is 393 g/mol. The molecule has 0 radical (unpaired) electrons. The van der Waals surface area contributed by atoms with Gasteiger partial charge in [0.15, 0.2) is 0 Å². The third-order valence-electron chi connectivity index (χ3n) is 3.90. The van der Waals surface area contributed by atoms with E-state index in [-0.39, 0.29) is 21.5 Å². The minimum Gasteiger partial charge on any atom is -0.459 e. The first-order valence-electron chi connectivity index (χ1n) is 7.24. The average Bonchev–Trinajstić information content (AvgIpc) is 2.78. The molecule has 0 spiro atoms. The molecule has 0 aliphatic heterocycles. The zero-order valence-corrected chi connectivity index (χ0v) is 16.0. The van der Waals surface area contributed by atoms with Gasteiger partial charge in [-0.3, -0.25) is 9.59 Å². The van der Waals surface area contributed by atoms with Gasteiger partial charge in [-0.15, -0.1) is 34.5 Å². The van der Waals surface area contributed by atoms with E-state index in [1.807, 2.05) is 0 Å². The van der Waals surface area contributed by atoms with Crippen LogP contribution in [0.15, 0.2) is 0 Å². The summed E-state index contributed by atoms with van der Waals surface area (Å²) in [4.78, 5) is 36.5. The van der Waals surface area contributed by atoms with Crippen molar-refractivity contribution in [2.75, 3.05) is 5.32 Å². The molecule has 0 aromatic carbocycles. The molecule has 1 heterocycles. The summed E-state index contributed by atoms with van der Waals surface area (Å²) in [6, 6.07) is 0. The maximum atomic E-state index is 12.5. The molecule has 2 rings (SSSR count). The first-order valence-corrected chi connectivity index (χ1v) is 8.81. The van der Waals surface area contributed by atoms with Crippen molar-refractivity contribution in [3.8, 4) is 0 Å². The van der Waals surface area contributed by atoms with E-state index in [1.165, 1.54) is 0 Å². The molecule has 1 saturated carbocycles. The highest BCUT2D eigenvalue weighted by molar-refractivity contribution is 7.18. The predicted octanol–water partition coefficient (Wildman–Crippen LogP) is 3.24. The highest BCUT2D eigenvalue weighted by atomic mass is 35.5. The second-order valence-electron chi connectivity index (χ2n) is 6.25. The molecule has 1 atom stereocenters. The van der Waals surface area contributed by atoms with Gasteiger partial charge in [0.05, 0.1) is 22.0 Å². The Morgan fingerprint density at radius 2 is 1.88 bits per heavy atom. The van der Waals surface area contributed by atoms with E-state index in [9.17, 15) is 14.4 Å². The molecule has 9 heteroatoms. The zero-order valence-electron chi connectivity index (χ0n) is 13.7. The highest BCUT2D eigenvalue weighted by Gasteiger charge is 2.68. The lowest BCUT2D eigenvalue weighted by Crippen LogP contribution is -2.26. The number of hydrogen-bond acceptors (Lipinski definition) is 5. The maximum Gasteiger partial charge on any atom is 0.341 e. The molecule has 0 saturated heterocycles. The lowest BCUT2D eigenvalue weighted by Gasteiger charge is -2.13. The number of nitrogens with one attached hydrogen (secondary N) is 1. The van der Waals surface area contributed by atoms with Crippen LogP contribution in [-0.4, -0.2) is 28.2 Å². The first-order chi connectivity index (χ1) is 10.9. The van der Waals surface area contributed by atoms with Crippen molar-refractivity contribution in [2.45, 2.75) is 44.6 Å². The number of anilines is 1. The highest BCUT2D eigenvalue weighted by Crippen LogP contribution is 2.64. The monoisotopic (exact) mass is 392 g/mol. The van der Waals surface area contributed by atoms with Crippen molar-refractivity contribution in [2.24, 2.45) is 11.1 Å². The van der Waals surface area contributed by atoms with Crippen LogP contribution >= 0.6 is 34.5 Å². The molecule has 6 nitrogen and oxygen atoms in total. The number of halogens is 2. The molecule has 0 unspecified atom stereocenters. The number of thiophene rings is 1. The zero-order chi connectivity index (χ0) is 18.4. The Hall–Kier alpha value is -1.31. The minimum atomic E-state index is -1.14. The number of carbonyl (C=O) groups excluding carboxylic acids is 3. The van der Waals surface area contributed by atoms with Gasteiger partial charge in [-0.05, 0) is 39.7 Å². The minimum absolute atomic E-state index is 0.120. The van der Waals surface area contributed by atoms with E-state index in [1.54, 1.807) is 27.7 Å². The van der Waals surface area contributed by atoms with Crippen molar-refractivity contribution in [1.82, 2.24) is 0 Å². The van der Waals surface area contributed by atoms with Crippen LogP contribution in [0.2, 0.25) is 0 Å². The number of primary amides is 1. The van der Waals surface area contributed by atoms with Crippen molar-refractivity contribution in [3.05, 3.63) is 16.0 Å². The number of rotatable bonds is 5. The van der Waals surface area contributed by atoms with Gasteiger partial charge >= 0.3 is 5.97 Å². The quantitative estimate of drug-likeness (QED) is 0.593. The molecule has 1 aliphatic rings. The SMILES string of the molecule is Cc1c(C(N)=O)sc(NC(=O)[C@]2(C)CC2(Cl)Cl)c1C(=O)OC(C)C. The third kappa shape index (κ3) is 3.25. The second-order valence-corrected chi connectivity index (χ2v) is 8.75. The van der Waals surface area contributed by atoms with Crippen LogP contribution in [0.5, 0.6) is 0 Å². The number of hydrogen-bond donors (Lipinski definition) is 2. The van der Waals surface area contributed by atoms with Gasteiger partial charge < -0.3 is 15.8 Å². The molecule has 1 aromatic rings. The second kappa shape index (κ2) is 6.20. The Labute approximate surface area is 153 Å². The van der Waals surface area contributed by atoms with Gasteiger partial charge in [-0.1, -0.05) is 0 Å². The standard InChI is InChI=1S/C15H18Cl2N2O4S/c1-6(2)23-12(21)8-7(3)9(10(18)20)24-11(8)19-13(22)14(4)5-15(14,16)17/h6H,5H2,1-4H3,(H2,18,20)(H,19,22)/t14-/m0/s1. The third-order valence-corrected chi connectivity index (χ3v) is 6.23. The fourth-order valence-electron chi connectivity index (χ4n) is 2.24. The molecule has 1 aromatic heterocycles. The Kier molecular flexibility index (Phi) is 4.92. The van der Waals surface area contributed by atoms with Gasteiger partial charge in [0.1, 0.15) is 9.33 Å². The fraction of sp³-hybridized carbons (Fsp3) is 0.533. The van der Waals surface area contributed by atoms with Crippen LogP contribution in [0.25, 0.3) is 0 Å². The molecule has 1 fully saturated rings. The number of esters is 1. The molecule has 0 bridgehead atoms. The molecular weight excluding hydrogens is 375 g/mol. The van der Waals surface area contributed by atoms with Crippen LogP contribution in [0.4, 0.5) is 5.00 Å². The van der Waals surface area contributed by atoms with E-state index < -0.39 is 27.5 Å². The lowest BCUT2D eigenvalue weighted by molar-refractivity contribution is -0.120. The molecule has 1 aliphatic carbocycles. The predicted molar refractivity (Wildman–Crippen MR) is 93.9 cm³/mol. The smallest absolute Gasteiger partial charge is 0.341 e. The van der Waals surface area contributed by atoms with Crippen LogP contribution in [-0.2, 0) is 9.53 Å². The summed E-state index contributed by atoms with van der Waals surface area (Å²) in [6.45, 7) is 6.61. The number of ether oxygens (including phenoxy) is 1. The summed E-state index contributed by atoms with van der Waals surface area (Å²) in [6.07, 6.45) is -0.0510. The Bertz CT molecular complexity index is 729. The first kappa shape index (κ1) is 19.0. The lowest BCUT2D eigenvalue weighted by atomic mass is 10.1. The summed E-state index contributed by atoms with van der Waals surface area (Å²) in [7, 11) is 0. The van der Waals surface area contributed by atoms with E-state index >= 15 is 0 Å². The van der Waals surface area contributed by atoms with Crippen LogP contribution in [0, 0.1) is 12.3 Å². The van der Waals surface area contributed by atoms with E-state index in [0.717, 1.165) is 11.3 Å². The largest absolute Gasteiger partial charge is 0.459 e. The Balaban J connectivity index is 2.38. The Morgan fingerprint density at radius 3 is 2.29 bits per heavy atom. The molecule has 2 amide bonds. The molecule has 24 heavy (non-hydrogen) atoms. The van der Waals surface area contributed by atoms with E-state index in [2.05, 4.69) is 5.32 Å². The van der Waals surface area contributed by atoms with Gasteiger partial charge in [-0.2, -0.15) is 0 Å². The van der Waals surface area contributed by atoms with Gasteiger partial charge in [0, 0.05) is 0 Å². The summed E-state index contributed by atoms with van der Waals surface area (Å²) in [5.74, 6) is -1.74. The topological polar surface area (TPSA) is 98.5 Å². The van der Waals surface area contributed by atoms with Crippen molar-refractivity contribution in [1.29, 1.82) is 0 Å². The molecule has 132 valence electrons. The van der Waals surface area contributed by atoms with Gasteiger partial charge in [-0.25, -0.2) is 4.79 Å². The number of alkyl halides is 2. The number of carbonyl (C=O) groups is 3. The number of nitrogens with two attached hydrogens (primary N) is 1. The van der Waals surface area contributed by atoms with E-state index in [4.69, 9.17) is 33.7 Å². The Morgan fingerprint density at radius 1 is 1.33 bits per heavy atom. The summed E-state index contributed by atoms with van der Waals surface area (Å²) >= 11 is 12.9. The van der Waals surface area contributed by atoms with Gasteiger partial charge in [0.25, 0.3) is 5.91 Å². The fourth-order valence-corrected chi connectivity index (χ4v) is 3.99. The van der Waals surface area contributed by atoms with Crippen LogP contribution in [0.1, 0.15) is 52.8 Å². The van der Waals surface area contributed by atoms with Crippen molar-refractivity contribution < 1.29 is 19.1 Å². The van der Waals surface area contributed by atoms with E-state index in [0.29, 0.717) is 12.0 Å². The maximum absolute atomic E-state index is 12.5. The summed E-state index contributed by atoms with van der Waals surface area (Å²) in [5, 5.41) is 2.84. The number of amides is 2. The summed E-state index contributed by atoms with van der Waals surface area (Å²) in [5.41, 5.74) is 4.87. The molecule has 3 N–H and O–H groups in total. The molecular formula is C15H18Cl2N2O4S. The summed E-state index contributed by atoms with van der Waals surface area (Å²) < 4.78 is 4.04. The van der Waals surface area contributed by atoms with Crippen LogP contribution in [0.3, 0.4) is 0 Å². The normalized spacial score (nSPS) is 21.5. The van der Waals surface area contributed by atoms with Crippen LogP contribution < -0.4 is 11.1 Å². The van der Waals surface area contributed by atoms with Crippen molar-refractivity contribution >= 4 is 57.3 Å².